The molecule has 130 valence electrons. The van der Waals surface area contributed by atoms with Gasteiger partial charge in [0, 0.05) is 50.9 Å². The van der Waals surface area contributed by atoms with Gasteiger partial charge in [-0.15, -0.1) is 0 Å². The van der Waals surface area contributed by atoms with Crippen LogP contribution in [0.25, 0.3) is 0 Å². The molecule has 0 saturated carbocycles. The Morgan fingerprint density at radius 1 is 1.04 bits per heavy atom. The number of hydrogen-bond acceptors (Lipinski definition) is 4. The predicted molar refractivity (Wildman–Crippen MR) is 90.7 cm³/mol. The Morgan fingerprint density at radius 2 is 1.71 bits per heavy atom. The van der Waals surface area contributed by atoms with Crippen LogP contribution in [0, 0.1) is 0 Å². The maximum atomic E-state index is 13.0. The van der Waals surface area contributed by atoms with Gasteiger partial charge >= 0.3 is 6.09 Å². The zero-order valence-corrected chi connectivity index (χ0v) is 14.6. The summed E-state index contributed by atoms with van der Waals surface area (Å²) >= 11 is 0. The van der Waals surface area contributed by atoms with Crippen LogP contribution in [0.2, 0.25) is 0 Å². The number of ether oxygens (including phenoxy) is 1. The minimum atomic E-state index is -0.324. The third-order valence-electron chi connectivity index (χ3n) is 4.97. The Morgan fingerprint density at radius 3 is 2.33 bits per heavy atom. The highest BCUT2D eigenvalue weighted by atomic mass is 16.5. The second kappa shape index (κ2) is 6.81. The molecule has 0 atom stereocenters. The lowest BCUT2D eigenvalue weighted by Gasteiger charge is -2.34. The lowest BCUT2D eigenvalue weighted by molar-refractivity contribution is 0.0598. The molecule has 0 bridgehead atoms. The first-order valence-corrected chi connectivity index (χ1v) is 8.48. The lowest BCUT2D eigenvalue weighted by atomic mass is 10.0. The van der Waals surface area contributed by atoms with Gasteiger partial charge in [0.25, 0.3) is 5.91 Å². The van der Waals surface area contributed by atoms with E-state index < -0.39 is 0 Å². The maximum absolute atomic E-state index is 13.0. The van der Waals surface area contributed by atoms with Crippen molar-refractivity contribution in [2.24, 2.45) is 0 Å². The molecule has 24 heavy (non-hydrogen) atoms. The Balaban J connectivity index is 1.72. The average Bonchev–Trinajstić information content (AvgIpc) is 3.05. The number of hydrogen-bond donors (Lipinski definition) is 0. The van der Waals surface area contributed by atoms with Crippen molar-refractivity contribution in [3.63, 3.8) is 0 Å². The van der Waals surface area contributed by atoms with Crippen molar-refractivity contribution in [2.45, 2.75) is 33.0 Å². The molecular formula is C18H25N3O3. The highest BCUT2D eigenvalue weighted by Gasteiger charge is 2.30. The number of piperazine rings is 1. The topological polar surface area (TPSA) is 53.1 Å². The summed E-state index contributed by atoms with van der Waals surface area (Å²) in [5.41, 5.74) is 3.22. The van der Waals surface area contributed by atoms with Gasteiger partial charge in [0.2, 0.25) is 0 Å². The summed E-state index contributed by atoms with van der Waals surface area (Å²) in [6, 6.07) is 6.48. The molecule has 1 saturated heterocycles. The van der Waals surface area contributed by atoms with Crippen molar-refractivity contribution in [1.29, 1.82) is 0 Å². The normalized spacial score (nSPS) is 18.0. The van der Waals surface area contributed by atoms with Crippen LogP contribution in [-0.2, 0) is 17.8 Å². The standard InChI is InChI=1S/C18H25N3O3/c1-13(2)21-11-14-5-4-6-15(16(14)12-21)17(22)19-7-9-20(10-8-19)18(23)24-3/h4-6,13H,7-12H2,1-3H3. The van der Waals surface area contributed by atoms with E-state index in [4.69, 9.17) is 4.74 Å². The minimum Gasteiger partial charge on any atom is -0.453 e. The first-order chi connectivity index (χ1) is 11.5. The molecule has 0 N–H and O–H groups in total. The number of amides is 2. The van der Waals surface area contributed by atoms with Crippen LogP contribution >= 0.6 is 0 Å². The maximum Gasteiger partial charge on any atom is 0.409 e. The van der Waals surface area contributed by atoms with Crippen molar-refractivity contribution in [2.75, 3.05) is 33.3 Å². The molecule has 0 aliphatic carbocycles. The predicted octanol–water partition coefficient (Wildman–Crippen LogP) is 1.93. The molecule has 6 heteroatoms. The van der Waals surface area contributed by atoms with Crippen molar-refractivity contribution in [3.05, 3.63) is 34.9 Å². The van der Waals surface area contributed by atoms with E-state index in [0.717, 1.165) is 24.2 Å². The highest BCUT2D eigenvalue weighted by molar-refractivity contribution is 5.96. The summed E-state index contributed by atoms with van der Waals surface area (Å²) in [6.07, 6.45) is -0.324. The molecule has 2 amide bonds. The fourth-order valence-corrected chi connectivity index (χ4v) is 3.40. The van der Waals surface area contributed by atoms with Gasteiger partial charge in [0.05, 0.1) is 7.11 Å². The Kier molecular flexibility index (Phi) is 4.76. The first-order valence-electron chi connectivity index (χ1n) is 8.48. The fourth-order valence-electron chi connectivity index (χ4n) is 3.40. The Bertz CT molecular complexity index is 636. The molecule has 0 spiro atoms. The Labute approximate surface area is 143 Å². The van der Waals surface area contributed by atoms with Crippen molar-refractivity contribution in [3.8, 4) is 0 Å². The van der Waals surface area contributed by atoms with E-state index in [1.807, 2.05) is 17.0 Å². The van der Waals surface area contributed by atoms with Crippen molar-refractivity contribution in [1.82, 2.24) is 14.7 Å². The number of carbonyl (C=O) groups is 2. The SMILES string of the molecule is COC(=O)N1CCN(C(=O)c2cccc3c2CN(C(C)C)C3)CC1. The fraction of sp³-hybridized carbons (Fsp3) is 0.556. The van der Waals surface area contributed by atoms with Gasteiger partial charge in [0.15, 0.2) is 0 Å². The molecule has 1 aromatic carbocycles. The monoisotopic (exact) mass is 331 g/mol. The van der Waals surface area contributed by atoms with Crippen LogP contribution in [-0.4, -0.2) is 66.0 Å². The number of fused-ring (bicyclic) bond motifs is 1. The summed E-state index contributed by atoms with van der Waals surface area (Å²) in [7, 11) is 1.38. The van der Waals surface area contributed by atoms with E-state index in [2.05, 4.69) is 24.8 Å². The average molecular weight is 331 g/mol. The minimum absolute atomic E-state index is 0.0713. The van der Waals surface area contributed by atoms with Crippen LogP contribution in [0.3, 0.4) is 0 Å². The molecule has 2 heterocycles. The largest absolute Gasteiger partial charge is 0.453 e. The van der Waals surface area contributed by atoms with Gasteiger partial charge < -0.3 is 14.5 Å². The third kappa shape index (κ3) is 3.11. The van der Waals surface area contributed by atoms with Gasteiger partial charge in [0.1, 0.15) is 0 Å². The van der Waals surface area contributed by atoms with Crippen LogP contribution in [0.4, 0.5) is 4.79 Å². The quantitative estimate of drug-likeness (QED) is 0.831. The molecule has 2 aliphatic heterocycles. The van der Waals surface area contributed by atoms with Crippen LogP contribution in [0.5, 0.6) is 0 Å². The van der Waals surface area contributed by atoms with Gasteiger partial charge in [-0.1, -0.05) is 12.1 Å². The van der Waals surface area contributed by atoms with Crippen molar-refractivity contribution >= 4 is 12.0 Å². The van der Waals surface area contributed by atoms with E-state index >= 15 is 0 Å². The van der Waals surface area contributed by atoms with E-state index in [-0.39, 0.29) is 12.0 Å². The molecule has 0 radical (unpaired) electrons. The highest BCUT2D eigenvalue weighted by Crippen LogP contribution is 2.28. The van der Waals surface area contributed by atoms with Gasteiger partial charge in [-0.2, -0.15) is 0 Å². The smallest absolute Gasteiger partial charge is 0.409 e. The molecule has 0 unspecified atom stereocenters. The van der Waals surface area contributed by atoms with E-state index in [0.29, 0.717) is 32.2 Å². The summed E-state index contributed by atoms with van der Waals surface area (Å²) < 4.78 is 4.74. The van der Waals surface area contributed by atoms with E-state index in [9.17, 15) is 9.59 Å². The van der Waals surface area contributed by atoms with Gasteiger partial charge in [-0.05, 0) is 31.0 Å². The van der Waals surface area contributed by atoms with E-state index in [1.54, 1.807) is 4.90 Å². The number of carbonyl (C=O) groups excluding carboxylic acids is 2. The summed E-state index contributed by atoms with van der Waals surface area (Å²) in [4.78, 5) is 30.4. The molecule has 1 fully saturated rings. The van der Waals surface area contributed by atoms with Crippen LogP contribution in [0.15, 0.2) is 18.2 Å². The second-order valence-corrected chi connectivity index (χ2v) is 6.69. The molecule has 6 nitrogen and oxygen atoms in total. The van der Waals surface area contributed by atoms with Gasteiger partial charge in [-0.3, -0.25) is 9.69 Å². The third-order valence-corrected chi connectivity index (χ3v) is 4.97. The lowest BCUT2D eigenvalue weighted by Crippen LogP contribution is -2.50. The molecule has 0 aromatic heterocycles. The molecule has 2 aliphatic rings. The van der Waals surface area contributed by atoms with Gasteiger partial charge in [-0.25, -0.2) is 4.79 Å². The Hall–Kier alpha value is -2.08. The number of methoxy groups -OCH3 is 1. The summed E-state index contributed by atoms with van der Waals surface area (Å²) in [5, 5.41) is 0. The zero-order valence-electron chi connectivity index (χ0n) is 14.6. The number of benzene rings is 1. The summed E-state index contributed by atoms with van der Waals surface area (Å²) in [5.74, 6) is 0.0713. The van der Waals surface area contributed by atoms with E-state index in [1.165, 1.54) is 12.7 Å². The van der Waals surface area contributed by atoms with Crippen LogP contribution < -0.4 is 0 Å². The number of rotatable bonds is 2. The molecule has 1 aromatic rings. The second-order valence-electron chi connectivity index (χ2n) is 6.69. The van der Waals surface area contributed by atoms with Crippen LogP contribution in [0.1, 0.15) is 35.3 Å². The molecular weight excluding hydrogens is 306 g/mol. The molecule has 3 rings (SSSR count). The number of nitrogens with zero attached hydrogens (tertiary/aromatic N) is 3. The zero-order chi connectivity index (χ0) is 17.3. The summed E-state index contributed by atoms with van der Waals surface area (Å²) in [6.45, 7) is 8.23. The first kappa shape index (κ1) is 16.8. The van der Waals surface area contributed by atoms with Crippen molar-refractivity contribution < 1.29 is 14.3 Å².